The SMILES string of the molecule is Cc1ccc(C(=O)Cn2c(=N)n(CCN(C)C(=O)C3C=CC=CC3)c3c(Cl)cccc32)cc1. The first-order valence-corrected chi connectivity index (χ1v) is 11.3. The number of amides is 1. The van der Waals surface area contributed by atoms with E-state index in [1.54, 1.807) is 27.1 Å². The summed E-state index contributed by atoms with van der Waals surface area (Å²) in [7, 11) is 1.78. The molecule has 1 aliphatic rings. The number of benzene rings is 2. The van der Waals surface area contributed by atoms with Gasteiger partial charge in [0, 0.05) is 25.7 Å². The van der Waals surface area contributed by atoms with Crippen LogP contribution < -0.4 is 5.62 Å². The Morgan fingerprint density at radius 3 is 2.58 bits per heavy atom. The van der Waals surface area contributed by atoms with E-state index in [2.05, 4.69) is 0 Å². The van der Waals surface area contributed by atoms with E-state index in [-0.39, 0.29) is 29.8 Å². The van der Waals surface area contributed by atoms with E-state index in [1.165, 1.54) is 0 Å². The molecule has 0 bridgehead atoms. The fraction of sp³-hybridized carbons (Fsp3) is 0.269. The molecule has 170 valence electrons. The van der Waals surface area contributed by atoms with Crippen molar-refractivity contribution in [1.82, 2.24) is 14.0 Å². The number of fused-ring (bicyclic) bond motifs is 1. The zero-order chi connectivity index (χ0) is 23.5. The molecule has 3 aromatic rings. The van der Waals surface area contributed by atoms with E-state index in [0.717, 1.165) is 11.1 Å². The lowest BCUT2D eigenvalue weighted by molar-refractivity contribution is -0.132. The third kappa shape index (κ3) is 4.71. The first-order valence-electron chi connectivity index (χ1n) is 11.0. The summed E-state index contributed by atoms with van der Waals surface area (Å²) in [4.78, 5) is 27.4. The number of likely N-dealkylation sites (N-methyl/N-ethyl adjacent to an activating group) is 1. The second kappa shape index (κ2) is 9.63. The van der Waals surface area contributed by atoms with Crippen molar-refractivity contribution in [2.45, 2.75) is 26.4 Å². The van der Waals surface area contributed by atoms with Crippen LogP contribution in [0.1, 0.15) is 22.3 Å². The van der Waals surface area contributed by atoms with Crippen LogP contribution in [0.2, 0.25) is 5.02 Å². The molecule has 0 aliphatic heterocycles. The first-order chi connectivity index (χ1) is 15.9. The molecule has 1 atom stereocenters. The minimum Gasteiger partial charge on any atom is -0.343 e. The number of carbonyl (C=O) groups excluding carboxylic acids is 2. The van der Waals surface area contributed by atoms with Gasteiger partial charge < -0.3 is 14.0 Å². The topological polar surface area (TPSA) is 71.1 Å². The largest absolute Gasteiger partial charge is 0.343 e. The summed E-state index contributed by atoms with van der Waals surface area (Å²) >= 11 is 6.52. The van der Waals surface area contributed by atoms with Gasteiger partial charge in [-0.15, -0.1) is 0 Å². The van der Waals surface area contributed by atoms with Crippen LogP contribution in [-0.2, 0) is 17.9 Å². The number of halogens is 1. The van der Waals surface area contributed by atoms with E-state index < -0.39 is 0 Å². The maximum absolute atomic E-state index is 12.9. The normalized spacial score (nSPS) is 15.2. The number of imidazole rings is 1. The van der Waals surface area contributed by atoms with Crippen LogP contribution in [0.4, 0.5) is 0 Å². The zero-order valence-corrected chi connectivity index (χ0v) is 19.5. The highest BCUT2D eigenvalue weighted by molar-refractivity contribution is 6.35. The van der Waals surface area contributed by atoms with E-state index >= 15 is 0 Å². The standard InChI is InChI=1S/C26H27ClN4O2/c1-18-11-13-19(14-12-18)23(32)17-31-22-10-6-9-21(27)24(22)30(26(31)28)16-15-29(2)25(33)20-7-4-3-5-8-20/h3-7,9-14,20,28H,8,15-17H2,1-2H3. The smallest absolute Gasteiger partial charge is 0.229 e. The molecule has 33 heavy (non-hydrogen) atoms. The number of Topliss-reactive ketones (excluding diaryl/α,β-unsaturated/α-hetero) is 1. The molecule has 4 rings (SSSR count). The second-order valence-electron chi connectivity index (χ2n) is 8.37. The molecule has 0 spiro atoms. The molecule has 6 nitrogen and oxygen atoms in total. The van der Waals surface area contributed by atoms with Gasteiger partial charge in [-0.2, -0.15) is 0 Å². The molecular formula is C26H27ClN4O2. The lowest BCUT2D eigenvalue weighted by Gasteiger charge is -2.22. The molecule has 1 unspecified atom stereocenters. The molecule has 0 fully saturated rings. The molecule has 1 N–H and O–H groups in total. The molecule has 2 aromatic carbocycles. The van der Waals surface area contributed by atoms with Crippen LogP contribution in [0.5, 0.6) is 0 Å². The van der Waals surface area contributed by atoms with Crippen molar-refractivity contribution in [3.05, 3.63) is 88.5 Å². The number of para-hydroxylation sites is 1. The molecule has 1 aliphatic carbocycles. The molecular weight excluding hydrogens is 436 g/mol. The lowest BCUT2D eigenvalue weighted by atomic mass is 9.99. The minimum absolute atomic E-state index is 0.0414. The summed E-state index contributed by atoms with van der Waals surface area (Å²) < 4.78 is 3.46. The summed E-state index contributed by atoms with van der Waals surface area (Å²) in [6.45, 7) is 2.85. The summed E-state index contributed by atoms with van der Waals surface area (Å²) in [5.41, 5.74) is 3.29. The van der Waals surface area contributed by atoms with Crippen molar-refractivity contribution in [3.8, 4) is 0 Å². The van der Waals surface area contributed by atoms with Gasteiger partial charge in [-0.25, -0.2) is 0 Å². The average molecular weight is 463 g/mol. The number of ketones is 1. The van der Waals surface area contributed by atoms with Crippen LogP contribution in [0, 0.1) is 18.3 Å². The van der Waals surface area contributed by atoms with Gasteiger partial charge in [-0.05, 0) is 25.5 Å². The number of hydrogen-bond donors (Lipinski definition) is 1. The predicted octanol–water partition coefficient (Wildman–Crippen LogP) is 4.36. The molecule has 1 aromatic heterocycles. The van der Waals surface area contributed by atoms with E-state index in [0.29, 0.717) is 35.6 Å². The summed E-state index contributed by atoms with van der Waals surface area (Å²) in [6.07, 6.45) is 8.45. The molecule has 7 heteroatoms. The van der Waals surface area contributed by atoms with Crippen molar-refractivity contribution in [2.75, 3.05) is 13.6 Å². The number of nitrogens with one attached hydrogen (secondary N) is 1. The Labute approximate surface area is 197 Å². The third-order valence-corrected chi connectivity index (χ3v) is 6.35. The van der Waals surface area contributed by atoms with E-state index in [9.17, 15) is 9.59 Å². The summed E-state index contributed by atoms with van der Waals surface area (Å²) in [5, 5.41) is 9.31. The van der Waals surface area contributed by atoms with Gasteiger partial charge in [-0.1, -0.05) is 71.8 Å². The molecule has 0 radical (unpaired) electrons. The number of hydrogen-bond acceptors (Lipinski definition) is 3. The Morgan fingerprint density at radius 1 is 1.12 bits per heavy atom. The first kappa shape index (κ1) is 22.8. The van der Waals surface area contributed by atoms with Crippen molar-refractivity contribution in [3.63, 3.8) is 0 Å². The molecule has 1 amide bonds. The maximum Gasteiger partial charge on any atom is 0.229 e. The van der Waals surface area contributed by atoms with Crippen LogP contribution >= 0.6 is 11.6 Å². The quantitative estimate of drug-likeness (QED) is 0.530. The fourth-order valence-corrected chi connectivity index (χ4v) is 4.39. The number of rotatable bonds is 7. The minimum atomic E-state index is -0.155. The lowest BCUT2D eigenvalue weighted by Crippen LogP contribution is -2.36. The van der Waals surface area contributed by atoms with Crippen LogP contribution in [-0.4, -0.2) is 39.3 Å². The third-order valence-electron chi connectivity index (χ3n) is 6.05. The number of nitrogens with zero attached hydrogens (tertiary/aromatic N) is 3. The molecule has 0 saturated heterocycles. The van der Waals surface area contributed by atoms with Crippen molar-refractivity contribution >= 4 is 34.3 Å². The Kier molecular flexibility index (Phi) is 6.65. The number of aryl methyl sites for hydroxylation is 1. The van der Waals surface area contributed by atoms with Crippen molar-refractivity contribution in [2.24, 2.45) is 5.92 Å². The second-order valence-corrected chi connectivity index (χ2v) is 8.78. The fourth-order valence-electron chi connectivity index (χ4n) is 4.11. The van der Waals surface area contributed by atoms with Gasteiger partial charge in [0.05, 0.1) is 28.5 Å². The van der Waals surface area contributed by atoms with Crippen molar-refractivity contribution < 1.29 is 9.59 Å². The van der Waals surface area contributed by atoms with Crippen LogP contribution in [0.25, 0.3) is 11.0 Å². The number of allylic oxidation sites excluding steroid dienone is 3. The van der Waals surface area contributed by atoms with Gasteiger partial charge in [0.1, 0.15) is 0 Å². The van der Waals surface area contributed by atoms with Crippen LogP contribution in [0.15, 0.2) is 66.8 Å². The Hall–Kier alpha value is -3.38. The van der Waals surface area contributed by atoms with Gasteiger partial charge in [0.15, 0.2) is 5.78 Å². The Balaban J connectivity index is 1.60. The number of aromatic nitrogens is 2. The Bertz CT molecular complexity index is 1310. The van der Waals surface area contributed by atoms with Crippen LogP contribution in [0.3, 0.4) is 0 Å². The van der Waals surface area contributed by atoms with Gasteiger partial charge in [0.2, 0.25) is 11.5 Å². The average Bonchev–Trinajstić information content (AvgIpc) is 3.09. The van der Waals surface area contributed by atoms with E-state index in [1.807, 2.05) is 67.6 Å². The van der Waals surface area contributed by atoms with Gasteiger partial charge in [0.25, 0.3) is 0 Å². The van der Waals surface area contributed by atoms with Gasteiger partial charge >= 0.3 is 0 Å². The summed E-state index contributed by atoms with van der Waals surface area (Å²) in [6, 6.07) is 12.9. The Morgan fingerprint density at radius 2 is 1.88 bits per heavy atom. The predicted molar refractivity (Wildman–Crippen MR) is 130 cm³/mol. The number of carbonyl (C=O) groups is 2. The monoisotopic (exact) mass is 462 g/mol. The summed E-state index contributed by atoms with van der Waals surface area (Å²) in [5.74, 6) is -0.179. The highest BCUT2D eigenvalue weighted by atomic mass is 35.5. The maximum atomic E-state index is 12.9. The van der Waals surface area contributed by atoms with E-state index in [4.69, 9.17) is 17.0 Å². The highest BCUT2D eigenvalue weighted by Gasteiger charge is 2.21. The highest BCUT2D eigenvalue weighted by Crippen LogP contribution is 2.23. The molecule has 1 heterocycles. The molecule has 0 saturated carbocycles. The van der Waals surface area contributed by atoms with Gasteiger partial charge in [-0.3, -0.25) is 15.0 Å². The zero-order valence-electron chi connectivity index (χ0n) is 18.8. The van der Waals surface area contributed by atoms with Crippen molar-refractivity contribution in [1.29, 1.82) is 5.41 Å².